The molecular weight excluding hydrogens is 302 g/mol. The van der Waals surface area contributed by atoms with Gasteiger partial charge >= 0.3 is 113 Å². The Morgan fingerprint density at radius 3 is 1.88 bits per heavy atom. The first-order chi connectivity index (χ1) is 7.81. The van der Waals surface area contributed by atoms with Crippen LogP contribution < -0.4 is 0 Å². The van der Waals surface area contributed by atoms with Crippen LogP contribution in [0.1, 0.15) is 54.4 Å². The van der Waals surface area contributed by atoms with Gasteiger partial charge in [0.15, 0.2) is 0 Å². The van der Waals surface area contributed by atoms with Crippen LogP contribution in [-0.4, -0.2) is 31.7 Å². The summed E-state index contributed by atoms with van der Waals surface area (Å²) in [6.45, 7) is 11.8. The molecule has 0 saturated heterocycles. The number of hydrogen-bond acceptors (Lipinski definition) is 3. The molecule has 5 heteroatoms. The minimum atomic E-state index is -2.94. The summed E-state index contributed by atoms with van der Waals surface area (Å²) in [6.07, 6.45) is 2.29. The van der Waals surface area contributed by atoms with Gasteiger partial charge in [0.1, 0.15) is 0 Å². The Labute approximate surface area is 113 Å². The van der Waals surface area contributed by atoms with Crippen LogP contribution in [0.4, 0.5) is 0 Å². The van der Waals surface area contributed by atoms with E-state index in [4.69, 9.17) is 9.05 Å². The van der Waals surface area contributed by atoms with E-state index in [2.05, 4.69) is 6.92 Å². The van der Waals surface area contributed by atoms with E-state index in [1.54, 1.807) is 0 Å². The van der Waals surface area contributed by atoms with Gasteiger partial charge in [-0.05, 0) is 0 Å². The molecule has 0 bridgehead atoms. The van der Waals surface area contributed by atoms with E-state index in [0.717, 1.165) is 5.32 Å². The van der Waals surface area contributed by atoms with Crippen molar-refractivity contribution in [2.24, 2.45) is 0 Å². The Morgan fingerprint density at radius 1 is 1.06 bits per heavy atom. The third kappa shape index (κ3) is 7.64. The Bertz CT molecular complexity index is 230. The molecule has 1 unspecified atom stereocenters. The van der Waals surface area contributed by atoms with Crippen LogP contribution in [0.25, 0.3) is 0 Å². The van der Waals surface area contributed by atoms with Crippen LogP contribution in [0, 0.1) is 0 Å². The molecule has 0 N–H and O–H groups in total. The van der Waals surface area contributed by atoms with E-state index in [1.165, 1.54) is 12.8 Å². The molecule has 0 aromatic rings. The summed E-state index contributed by atoms with van der Waals surface area (Å²) in [5.74, 6) is 0. The first kappa shape index (κ1) is 17.7. The molecule has 17 heavy (non-hydrogen) atoms. The van der Waals surface area contributed by atoms with E-state index in [9.17, 15) is 4.57 Å². The summed E-state index contributed by atoms with van der Waals surface area (Å²) < 4.78 is 23.9. The summed E-state index contributed by atoms with van der Waals surface area (Å²) in [6, 6.07) is 0. The van der Waals surface area contributed by atoms with E-state index >= 15 is 0 Å². The molecule has 0 aromatic carbocycles. The van der Waals surface area contributed by atoms with E-state index in [0.29, 0.717) is 15.0 Å². The maximum atomic E-state index is 12.7. The summed E-state index contributed by atoms with van der Waals surface area (Å²) in [5, 5.41) is 1.15. The average molecular weight is 329 g/mol. The van der Waals surface area contributed by atoms with Crippen molar-refractivity contribution in [2.45, 2.75) is 76.5 Å². The zero-order valence-corrected chi connectivity index (χ0v) is 14.5. The molecule has 1 atom stereocenters. The van der Waals surface area contributed by atoms with Crippen molar-refractivity contribution >= 4 is 22.6 Å². The van der Waals surface area contributed by atoms with Crippen molar-refractivity contribution in [1.29, 1.82) is 0 Å². The minimum absolute atomic E-state index is 0.0475. The molecule has 0 saturated carbocycles. The quantitative estimate of drug-likeness (QED) is 0.359. The van der Waals surface area contributed by atoms with Crippen molar-refractivity contribution in [3.05, 3.63) is 0 Å². The zero-order chi connectivity index (χ0) is 13.5. The van der Waals surface area contributed by atoms with E-state index in [-0.39, 0.29) is 16.8 Å². The molecule has 0 aliphatic heterocycles. The van der Waals surface area contributed by atoms with Gasteiger partial charge in [-0.25, -0.2) is 0 Å². The molecule has 0 fully saturated rings. The fraction of sp³-hybridized carbons (Fsp3) is 1.00. The predicted octanol–water partition coefficient (Wildman–Crippen LogP) is 4.30. The molecular formula is C12H27O3PSe. The van der Waals surface area contributed by atoms with Crippen LogP contribution in [0.5, 0.6) is 0 Å². The molecule has 0 rings (SSSR count). The van der Waals surface area contributed by atoms with Crippen LogP contribution in [0.3, 0.4) is 0 Å². The molecule has 0 aliphatic carbocycles. The van der Waals surface area contributed by atoms with Crippen molar-refractivity contribution in [3.63, 3.8) is 0 Å². The third-order valence-corrected chi connectivity index (χ3v) is 8.85. The Hall–Kier alpha value is 0.669. The molecule has 0 aliphatic rings. The summed E-state index contributed by atoms with van der Waals surface area (Å²) in [7, 11) is -2.94. The Balaban J connectivity index is 4.49. The third-order valence-electron chi connectivity index (χ3n) is 2.02. The van der Waals surface area contributed by atoms with Gasteiger partial charge in [0, 0.05) is 0 Å². The fourth-order valence-electron chi connectivity index (χ4n) is 1.27. The van der Waals surface area contributed by atoms with Gasteiger partial charge in [-0.3, -0.25) is 0 Å². The van der Waals surface area contributed by atoms with Gasteiger partial charge in [-0.2, -0.15) is 0 Å². The number of hydrogen-bond donors (Lipinski definition) is 0. The molecule has 0 spiro atoms. The van der Waals surface area contributed by atoms with Crippen molar-refractivity contribution in [2.75, 3.05) is 0 Å². The van der Waals surface area contributed by atoms with Crippen molar-refractivity contribution in [3.8, 4) is 0 Å². The predicted molar refractivity (Wildman–Crippen MR) is 75.0 cm³/mol. The molecule has 104 valence electrons. The number of rotatable bonds is 9. The average Bonchev–Trinajstić information content (AvgIpc) is 2.15. The van der Waals surface area contributed by atoms with Crippen LogP contribution in [0.2, 0.25) is 5.32 Å². The number of unbranched alkanes of at least 4 members (excludes halogenated alkanes) is 1. The topological polar surface area (TPSA) is 35.5 Å². The maximum absolute atomic E-state index is 12.7. The molecule has 0 amide bonds. The van der Waals surface area contributed by atoms with Gasteiger partial charge < -0.3 is 0 Å². The normalized spacial score (nSPS) is 14.6. The monoisotopic (exact) mass is 330 g/mol. The zero-order valence-electron chi connectivity index (χ0n) is 11.9. The SMILES string of the molecule is CCCC[Se]C(C)P(=O)(OC(C)C)OC(C)C. The van der Waals surface area contributed by atoms with Gasteiger partial charge in [-0.1, -0.05) is 0 Å². The Morgan fingerprint density at radius 2 is 1.53 bits per heavy atom. The van der Waals surface area contributed by atoms with Gasteiger partial charge in [0.2, 0.25) is 0 Å². The first-order valence-electron chi connectivity index (χ1n) is 6.40. The van der Waals surface area contributed by atoms with E-state index in [1.807, 2.05) is 34.6 Å². The van der Waals surface area contributed by atoms with Crippen LogP contribution >= 0.6 is 7.60 Å². The summed E-state index contributed by atoms with van der Waals surface area (Å²) >= 11 is 0.329. The molecule has 3 nitrogen and oxygen atoms in total. The second kappa shape index (κ2) is 8.72. The van der Waals surface area contributed by atoms with Gasteiger partial charge in [0.25, 0.3) is 0 Å². The summed E-state index contributed by atoms with van der Waals surface area (Å²) in [5.41, 5.74) is 0. The van der Waals surface area contributed by atoms with Crippen molar-refractivity contribution in [1.82, 2.24) is 0 Å². The fourth-order valence-corrected chi connectivity index (χ4v) is 7.02. The van der Waals surface area contributed by atoms with Gasteiger partial charge in [-0.15, -0.1) is 0 Å². The van der Waals surface area contributed by atoms with E-state index < -0.39 is 7.60 Å². The molecule has 0 aromatic heterocycles. The van der Waals surface area contributed by atoms with Crippen molar-refractivity contribution < 1.29 is 13.6 Å². The standard InChI is InChI=1S/C12H27O3PSe/c1-7-8-9-17-12(6)16(13,14-10(2)3)15-11(4)5/h10-12H,7-9H2,1-6H3. The van der Waals surface area contributed by atoms with Crippen LogP contribution in [-0.2, 0) is 13.6 Å². The molecule has 0 heterocycles. The first-order valence-corrected chi connectivity index (χ1v) is 10.2. The summed E-state index contributed by atoms with van der Waals surface area (Å²) in [4.78, 5) is 0. The van der Waals surface area contributed by atoms with Crippen LogP contribution in [0.15, 0.2) is 0 Å². The molecule has 0 radical (unpaired) electrons. The Kier molecular flexibility index (Phi) is 9.06. The van der Waals surface area contributed by atoms with Gasteiger partial charge in [0.05, 0.1) is 0 Å². The second-order valence-electron chi connectivity index (χ2n) is 4.67. The second-order valence-corrected chi connectivity index (χ2v) is 10.8.